The number of alkyl halides is 2. The summed E-state index contributed by atoms with van der Waals surface area (Å²) in [5.74, 6) is -2.55. The average Bonchev–Trinajstić information content (AvgIpc) is 1.84. The molecule has 10 heavy (non-hydrogen) atoms. The molecule has 0 saturated carbocycles. The Morgan fingerprint density at radius 2 is 2.00 bits per heavy atom. The highest BCUT2D eigenvalue weighted by Crippen LogP contribution is 2.24. The molecule has 0 aromatic rings. The van der Waals surface area contributed by atoms with Gasteiger partial charge in [-0.1, -0.05) is 13.3 Å². The van der Waals surface area contributed by atoms with E-state index in [1.54, 1.807) is 6.92 Å². The predicted molar refractivity (Wildman–Crippen MR) is 37.9 cm³/mol. The van der Waals surface area contributed by atoms with E-state index in [0.717, 1.165) is 6.21 Å². The molecule has 0 fully saturated rings. The summed E-state index contributed by atoms with van der Waals surface area (Å²) in [6, 6.07) is 0. The first-order valence-electron chi connectivity index (χ1n) is 3.49. The second kappa shape index (κ2) is 4.36. The van der Waals surface area contributed by atoms with Crippen LogP contribution >= 0.6 is 0 Å². The van der Waals surface area contributed by atoms with Crippen LogP contribution in [0.15, 0.2) is 0 Å². The molecule has 0 rings (SSSR count). The number of hydrogen-bond acceptors (Lipinski definition) is 1. The molecule has 0 radical (unpaired) electrons. The van der Waals surface area contributed by atoms with Gasteiger partial charge in [0, 0.05) is 12.8 Å². The summed E-state index contributed by atoms with van der Waals surface area (Å²) in [7, 11) is 0. The Bertz CT molecular complexity index is 102. The summed E-state index contributed by atoms with van der Waals surface area (Å²) < 4.78 is 25.0. The highest BCUT2D eigenvalue weighted by atomic mass is 19.3. The fourth-order valence-corrected chi connectivity index (χ4v) is 0.774. The maximum atomic E-state index is 12.5. The molecule has 3 heteroatoms. The molecule has 0 unspecified atom stereocenters. The molecule has 1 N–H and O–H groups in total. The number of halogens is 2. The molecule has 0 saturated heterocycles. The van der Waals surface area contributed by atoms with Gasteiger partial charge in [-0.3, -0.25) is 0 Å². The molecule has 60 valence electrons. The highest BCUT2D eigenvalue weighted by Gasteiger charge is 2.25. The molecule has 0 aromatic carbocycles. The largest absolute Gasteiger partial charge is 0.313 e. The van der Waals surface area contributed by atoms with Gasteiger partial charge < -0.3 is 5.41 Å². The van der Waals surface area contributed by atoms with Gasteiger partial charge in [-0.15, -0.1) is 0 Å². The monoisotopic (exact) mass is 149 g/mol. The molecule has 0 aliphatic rings. The van der Waals surface area contributed by atoms with Crippen molar-refractivity contribution in [1.82, 2.24) is 0 Å². The van der Waals surface area contributed by atoms with Crippen molar-refractivity contribution < 1.29 is 8.78 Å². The third kappa shape index (κ3) is 4.41. The van der Waals surface area contributed by atoms with Crippen molar-refractivity contribution in [3.8, 4) is 0 Å². The topological polar surface area (TPSA) is 23.9 Å². The van der Waals surface area contributed by atoms with E-state index in [0.29, 0.717) is 6.42 Å². The standard InChI is InChI=1S/C7H13F2N/c1-2-4-7(8,9)5-3-6-10/h6,10H,2-5H2,1H3. The van der Waals surface area contributed by atoms with Crippen molar-refractivity contribution >= 4 is 6.21 Å². The maximum absolute atomic E-state index is 12.5. The Morgan fingerprint density at radius 1 is 1.40 bits per heavy atom. The molecule has 0 amide bonds. The summed E-state index contributed by atoms with van der Waals surface area (Å²) in [6.07, 6.45) is 1.49. The smallest absolute Gasteiger partial charge is 0.248 e. The van der Waals surface area contributed by atoms with Crippen LogP contribution in [0.2, 0.25) is 0 Å². The first kappa shape index (κ1) is 9.53. The Hall–Kier alpha value is -0.470. The zero-order valence-corrected chi connectivity index (χ0v) is 6.16. The lowest BCUT2D eigenvalue weighted by Gasteiger charge is -2.12. The SMILES string of the molecule is CCCC(F)(F)CCC=N. The summed E-state index contributed by atoms with van der Waals surface area (Å²) in [4.78, 5) is 0. The Morgan fingerprint density at radius 3 is 2.40 bits per heavy atom. The molecule has 0 aromatic heterocycles. The van der Waals surface area contributed by atoms with Crippen LogP contribution in [0.4, 0.5) is 8.78 Å². The van der Waals surface area contributed by atoms with Crippen LogP contribution in [0, 0.1) is 5.41 Å². The van der Waals surface area contributed by atoms with E-state index in [4.69, 9.17) is 5.41 Å². The summed E-state index contributed by atoms with van der Waals surface area (Å²) >= 11 is 0. The van der Waals surface area contributed by atoms with Crippen molar-refractivity contribution in [2.24, 2.45) is 0 Å². The van der Waals surface area contributed by atoms with Crippen LogP contribution in [0.1, 0.15) is 32.6 Å². The fraction of sp³-hybridized carbons (Fsp3) is 0.857. The number of hydrogen-bond donors (Lipinski definition) is 1. The van der Waals surface area contributed by atoms with Gasteiger partial charge in [-0.2, -0.15) is 0 Å². The van der Waals surface area contributed by atoms with Crippen LogP contribution in [0.3, 0.4) is 0 Å². The Labute approximate surface area is 59.9 Å². The summed E-state index contributed by atoms with van der Waals surface area (Å²) in [6.45, 7) is 1.73. The average molecular weight is 149 g/mol. The number of nitrogens with one attached hydrogen (secondary N) is 1. The summed E-state index contributed by atoms with van der Waals surface area (Å²) in [5.41, 5.74) is 0. The first-order chi connectivity index (χ1) is 4.62. The van der Waals surface area contributed by atoms with Gasteiger partial charge >= 0.3 is 0 Å². The van der Waals surface area contributed by atoms with Crippen molar-refractivity contribution in [2.75, 3.05) is 0 Å². The van der Waals surface area contributed by atoms with Crippen molar-refractivity contribution in [3.63, 3.8) is 0 Å². The van der Waals surface area contributed by atoms with Crippen molar-refractivity contribution in [3.05, 3.63) is 0 Å². The Kier molecular flexibility index (Phi) is 4.16. The predicted octanol–water partition coefficient (Wildman–Crippen LogP) is 2.85. The molecule has 0 aliphatic carbocycles. The van der Waals surface area contributed by atoms with Gasteiger partial charge in [-0.05, 0) is 12.6 Å². The van der Waals surface area contributed by atoms with E-state index < -0.39 is 5.92 Å². The van der Waals surface area contributed by atoms with E-state index >= 15 is 0 Å². The lowest BCUT2D eigenvalue weighted by molar-refractivity contribution is -0.0145. The zero-order valence-electron chi connectivity index (χ0n) is 6.16. The Balaban J connectivity index is 3.51. The van der Waals surface area contributed by atoms with E-state index in [2.05, 4.69) is 0 Å². The van der Waals surface area contributed by atoms with Crippen LogP contribution < -0.4 is 0 Å². The molecule has 0 atom stereocenters. The second-order valence-corrected chi connectivity index (χ2v) is 2.35. The molecular weight excluding hydrogens is 136 g/mol. The van der Waals surface area contributed by atoms with Gasteiger partial charge in [0.05, 0.1) is 0 Å². The van der Waals surface area contributed by atoms with Crippen molar-refractivity contribution in [1.29, 1.82) is 5.41 Å². The quantitative estimate of drug-likeness (QED) is 0.581. The van der Waals surface area contributed by atoms with Gasteiger partial charge in [0.2, 0.25) is 5.92 Å². The number of rotatable bonds is 5. The molecule has 0 heterocycles. The minimum absolute atomic E-state index is 0.0547. The third-order valence-corrected chi connectivity index (χ3v) is 1.27. The summed E-state index contributed by atoms with van der Waals surface area (Å²) in [5, 5.41) is 6.56. The molecule has 0 spiro atoms. The minimum atomic E-state index is -2.55. The lowest BCUT2D eigenvalue weighted by Crippen LogP contribution is -2.14. The normalized spacial score (nSPS) is 11.5. The van der Waals surface area contributed by atoms with E-state index in [1.807, 2.05) is 0 Å². The second-order valence-electron chi connectivity index (χ2n) is 2.35. The minimum Gasteiger partial charge on any atom is -0.313 e. The lowest BCUT2D eigenvalue weighted by atomic mass is 10.1. The van der Waals surface area contributed by atoms with E-state index in [1.165, 1.54) is 0 Å². The van der Waals surface area contributed by atoms with Crippen LogP contribution in [0.25, 0.3) is 0 Å². The highest BCUT2D eigenvalue weighted by molar-refractivity contribution is 5.52. The maximum Gasteiger partial charge on any atom is 0.248 e. The van der Waals surface area contributed by atoms with Gasteiger partial charge in [0.15, 0.2) is 0 Å². The van der Waals surface area contributed by atoms with Gasteiger partial charge in [0.25, 0.3) is 0 Å². The first-order valence-corrected chi connectivity index (χ1v) is 3.49. The van der Waals surface area contributed by atoms with Crippen molar-refractivity contribution in [2.45, 2.75) is 38.5 Å². The molecule has 0 bridgehead atoms. The zero-order chi connectivity index (χ0) is 8.04. The van der Waals surface area contributed by atoms with Gasteiger partial charge in [-0.25, -0.2) is 8.78 Å². The van der Waals surface area contributed by atoms with Crippen LogP contribution in [-0.2, 0) is 0 Å². The molecular formula is C7H13F2N. The fourth-order valence-electron chi connectivity index (χ4n) is 0.774. The molecule has 1 nitrogen and oxygen atoms in total. The van der Waals surface area contributed by atoms with Crippen LogP contribution in [-0.4, -0.2) is 12.1 Å². The van der Waals surface area contributed by atoms with E-state index in [9.17, 15) is 8.78 Å². The third-order valence-electron chi connectivity index (χ3n) is 1.27. The van der Waals surface area contributed by atoms with E-state index in [-0.39, 0.29) is 19.3 Å². The molecule has 0 aliphatic heterocycles. The van der Waals surface area contributed by atoms with Crippen LogP contribution in [0.5, 0.6) is 0 Å². The van der Waals surface area contributed by atoms with Gasteiger partial charge in [0.1, 0.15) is 0 Å².